The van der Waals surface area contributed by atoms with E-state index < -0.39 is 0 Å². The molecule has 84 valence electrons. The zero-order valence-corrected chi connectivity index (χ0v) is 10.2. The molecule has 0 saturated heterocycles. The Kier molecular flexibility index (Phi) is 3.21. The first-order valence-corrected chi connectivity index (χ1v) is 5.49. The third-order valence-corrected chi connectivity index (χ3v) is 2.73. The van der Waals surface area contributed by atoms with Crippen LogP contribution < -0.4 is 5.32 Å². The van der Waals surface area contributed by atoms with Crippen molar-refractivity contribution in [3.63, 3.8) is 0 Å². The number of imidazole rings is 1. The van der Waals surface area contributed by atoms with Gasteiger partial charge in [-0.05, 0) is 34.1 Å². The van der Waals surface area contributed by atoms with Crippen molar-refractivity contribution in [1.82, 2.24) is 9.55 Å². The lowest BCUT2D eigenvalue weighted by atomic mass is 10.2. The molecule has 2 aromatic rings. The molecule has 0 aliphatic carbocycles. The van der Waals surface area contributed by atoms with Crippen molar-refractivity contribution >= 4 is 27.6 Å². The molecular weight excluding hydrogens is 284 g/mol. The third kappa shape index (κ3) is 2.52. The number of rotatable bonds is 1. The standard InChI is InChI=1S/C11H7BrN4O/c12-9-5-8(6-13)1-2-10(9)15-11(17)16-4-3-14-7-16/h1-5,7H,(H,15,17). The van der Waals surface area contributed by atoms with Crippen molar-refractivity contribution in [2.45, 2.75) is 0 Å². The van der Waals surface area contributed by atoms with E-state index in [0.717, 1.165) is 0 Å². The molecule has 1 amide bonds. The van der Waals surface area contributed by atoms with Crippen molar-refractivity contribution in [1.29, 1.82) is 5.26 Å². The number of carbonyl (C=O) groups excluding carboxylic acids is 1. The van der Waals surface area contributed by atoms with Gasteiger partial charge in [-0.3, -0.25) is 4.57 Å². The molecule has 6 heteroatoms. The van der Waals surface area contributed by atoms with Crippen LogP contribution >= 0.6 is 15.9 Å². The van der Waals surface area contributed by atoms with Crippen LogP contribution in [0, 0.1) is 11.3 Å². The van der Waals surface area contributed by atoms with Gasteiger partial charge in [0.1, 0.15) is 6.33 Å². The summed E-state index contributed by atoms with van der Waals surface area (Å²) in [6.45, 7) is 0. The SMILES string of the molecule is N#Cc1ccc(NC(=O)n2ccnc2)c(Br)c1. The summed E-state index contributed by atoms with van der Waals surface area (Å²) in [4.78, 5) is 15.5. The lowest BCUT2D eigenvalue weighted by Crippen LogP contribution is -2.17. The van der Waals surface area contributed by atoms with Crippen LogP contribution in [0.15, 0.2) is 41.4 Å². The second-order valence-corrected chi connectivity index (χ2v) is 4.06. The monoisotopic (exact) mass is 290 g/mol. The Bertz CT molecular complexity index is 586. The van der Waals surface area contributed by atoms with E-state index in [9.17, 15) is 4.79 Å². The van der Waals surface area contributed by atoms with E-state index in [1.807, 2.05) is 6.07 Å². The molecule has 0 aliphatic rings. The summed E-state index contributed by atoms with van der Waals surface area (Å²) >= 11 is 3.29. The zero-order valence-electron chi connectivity index (χ0n) is 8.59. The maximum absolute atomic E-state index is 11.7. The molecule has 1 heterocycles. The number of carbonyl (C=O) groups is 1. The fourth-order valence-electron chi connectivity index (χ4n) is 1.25. The van der Waals surface area contributed by atoms with Crippen molar-refractivity contribution < 1.29 is 4.79 Å². The van der Waals surface area contributed by atoms with Crippen molar-refractivity contribution in [2.24, 2.45) is 0 Å². The van der Waals surface area contributed by atoms with Gasteiger partial charge < -0.3 is 5.32 Å². The molecule has 17 heavy (non-hydrogen) atoms. The minimum atomic E-state index is -0.312. The summed E-state index contributed by atoms with van der Waals surface area (Å²) in [5.41, 5.74) is 1.13. The third-order valence-electron chi connectivity index (χ3n) is 2.08. The number of nitrogens with one attached hydrogen (secondary N) is 1. The van der Waals surface area contributed by atoms with Crippen LogP contribution in [0.4, 0.5) is 10.5 Å². The van der Waals surface area contributed by atoms with Gasteiger partial charge in [-0.25, -0.2) is 9.78 Å². The highest BCUT2D eigenvalue weighted by Crippen LogP contribution is 2.23. The molecule has 0 saturated carbocycles. The number of amides is 1. The van der Waals surface area contributed by atoms with Gasteiger partial charge in [0.15, 0.2) is 0 Å². The van der Waals surface area contributed by atoms with Gasteiger partial charge in [0.25, 0.3) is 0 Å². The second-order valence-electron chi connectivity index (χ2n) is 3.21. The number of anilines is 1. The number of hydrogen-bond acceptors (Lipinski definition) is 3. The minimum Gasteiger partial charge on any atom is -0.306 e. The Morgan fingerprint density at radius 3 is 2.94 bits per heavy atom. The lowest BCUT2D eigenvalue weighted by Gasteiger charge is -2.07. The minimum absolute atomic E-state index is 0.312. The molecule has 0 bridgehead atoms. The van der Waals surface area contributed by atoms with E-state index >= 15 is 0 Å². The Morgan fingerprint density at radius 1 is 1.53 bits per heavy atom. The van der Waals surface area contributed by atoms with Gasteiger partial charge in [-0.2, -0.15) is 5.26 Å². The highest BCUT2D eigenvalue weighted by Gasteiger charge is 2.07. The van der Waals surface area contributed by atoms with Gasteiger partial charge in [0, 0.05) is 16.9 Å². The Morgan fingerprint density at radius 2 is 2.35 bits per heavy atom. The molecule has 0 fully saturated rings. The van der Waals surface area contributed by atoms with E-state index in [1.165, 1.54) is 17.1 Å². The Hall–Kier alpha value is -2.13. The summed E-state index contributed by atoms with van der Waals surface area (Å²) in [5.74, 6) is 0. The first-order chi connectivity index (χ1) is 8.20. The van der Waals surface area contributed by atoms with Crippen LogP contribution in [0.5, 0.6) is 0 Å². The number of halogens is 1. The van der Waals surface area contributed by atoms with Crippen LogP contribution in [0.3, 0.4) is 0 Å². The summed E-state index contributed by atoms with van der Waals surface area (Å²) in [7, 11) is 0. The Labute approximate surface area is 106 Å². The normalized spacial score (nSPS) is 9.65. The molecule has 0 spiro atoms. The first-order valence-electron chi connectivity index (χ1n) is 4.69. The predicted octanol–water partition coefficient (Wildman–Crippen LogP) is 2.60. The molecule has 5 nitrogen and oxygen atoms in total. The zero-order chi connectivity index (χ0) is 12.3. The second kappa shape index (κ2) is 4.80. The lowest BCUT2D eigenvalue weighted by molar-refractivity contribution is 0.253. The van der Waals surface area contributed by atoms with Crippen LogP contribution in [0.2, 0.25) is 0 Å². The molecular formula is C11H7BrN4O. The van der Waals surface area contributed by atoms with Crippen LogP contribution in [0.25, 0.3) is 0 Å². The number of nitrogens with zero attached hydrogens (tertiary/aromatic N) is 3. The smallest absolute Gasteiger partial charge is 0.306 e. The van der Waals surface area contributed by atoms with Crippen LogP contribution in [0.1, 0.15) is 5.56 Å². The van der Waals surface area contributed by atoms with E-state index in [-0.39, 0.29) is 6.03 Å². The van der Waals surface area contributed by atoms with E-state index in [0.29, 0.717) is 15.7 Å². The summed E-state index contributed by atoms with van der Waals surface area (Å²) in [5, 5.41) is 11.4. The van der Waals surface area contributed by atoms with Gasteiger partial charge in [0.05, 0.1) is 17.3 Å². The van der Waals surface area contributed by atoms with Gasteiger partial charge >= 0.3 is 6.03 Å². The van der Waals surface area contributed by atoms with E-state index in [4.69, 9.17) is 5.26 Å². The van der Waals surface area contributed by atoms with Crippen LogP contribution in [-0.4, -0.2) is 15.6 Å². The highest BCUT2D eigenvalue weighted by atomic mass is 79.9. The number of hydrogen-bond donors (Lipinski definition) is 1. The van der Waals surface area contributed by atoms with E-state index in [2.05, 4.69) is 26.2 Å². The average Bonchev–Trinajstić information content (AvgIpc) is 2.85. The summed E-state index contributed by atoms with van der Waals surface area (Å²) in [6.07, 6.45) is 4.48. The number of aromatic nitrogens is 2. The summed E-state index contributed by atoms with van der Waals surface area (Å²) < 4.78 is 1.98. The molecule has 1 aromatic carbocycles. The van der Waals surface area contributed by atoms with Gasteiger partial charge in [-0.15, -0.1) is 0 Å². The van der Waals surface area contributed by atoms with E-state index in [1.54, 1.807) is 24.4 Å². The number of benzene rings is 1. The first kappa shape index (κ1) is 11.4. The highest BCUT2D eigenvalue weighted by molar-refractivity contribution is 9.10. The molecule has 0 aliphatic heterocycles. The van der Waals surface area contributed by atoms with Crippen LogP contribution in [-0.2, 0) is 0 Å². The molecule has 1 aromatic heterocycles. The quantitative estimate of drug-likeness (QED) is 0.877. The van der Waals surface area contributed by atoms with Crippen molar-refractivity contribution in [3.05, 3.63) is 47.0 Å². The maximum Gasteiger partial charge on any atom is 0.331 e. The molecule has 2 rings (SSSR count). The average molecular weight is 291 g/mol. The molecule has 0 unspecified atom stereocenters. The Balaban J connectivity index is 2.20. The predicted molar refractivity (Wildman–Crippen MR) is 65.5 cm³/mol. The van der Waals surface area contributed by atoms with Crippen molar-refractivity contribution in [2.75, 3.05) is 5.32 Å². The molecule has 0 radical (unpaired) electrons. The molecule has 1 N–H and O–H groups in total. The van der Waals surface area contributed by atoms with Crippen molar-refractivity contribution in [3.8, 4) is 6.07 Å². The largest absolute Gasteiger partial charge is 0.331 e. The fourth-order valence-corrected chi connectivity index (χ4v) is 1.72. The number of nitriles is 1. The topological polar surface area (TPSA) is 70.7 Å². The summed E-state index contributed by atoms with van der Waals surface area (Å²) in [6, 6.07) is 6.65. The fraction of sp³-hybridized carbons (Fsp3) is 0. The van der Waals surface area contributed by atoms with Gasteiger partial charge in [-0.1, -0.05) is 0 Å². The molecule has 0 atom stereocenters. The van der Waals surface area contributed by atoms with Gasteiger partial charge in [0.2, 0.25) is 0 Å². The maximum atomic E-state index is 11.7.